The van der Waals surface area contributed by atoms with Crippen LogP contribution in [0.3, 0.4) is 0 Å². The number of benzene rings is 1. The van der Waals surface area contributed by atoms with Gasteiger partial charge >= 0.3 is 6.03 Å². The number of amides is 2. The van der Waals surface area contributed by atoms with Crippen LogP contribution in [0, 0.1) is 18.7 Å². The molecule has 3 N–H and O–H groups in total. The molecule has 1 aromatic heterocycles. The molecular formula is C19H27FN4O. The number of aromatic amines is 1. The van der Waals surface area contributed by atoms with E-state index >= 15 is 0 Å². The molecule has 0 aliphatic heterocycles. The zero-order chi connectivity index (χ0) is 18.0. The Bertz CT molecular complexity index is 749. The summed E-state index contributed by atoms with van der Waals surface area (Å²) in [6.07, 6.45) is 3.02. The van der Waals surface area contributed by atoms with E-state index in [2.05, 4.69) is 34.6 Å². The molecule has 0 bridgehead atoms. The molecule has 1 heterocycles. The summed E-state index contributed by atoms with van der Waals surface area (Å²) in [4.78, 5) is 17.4. The van der Waals surface area contributed by atoms with E-state index in [4.69, 9.17) is 0 Å². The molecule has 1 aliphatic carbocycles. The molecule has 0 radical (unpaired) electrons. The SMILES string of the molecule is Cc1[nH]c2cc(F)ccc2c1CCNC(=O)NCC1CC(N(C)C)C1. The Hall–Kier alpha value is -2.08. The van der Waals surface area contributed by atoms with Crippen LogP contribution in [0.5, 0.6) is 0 Å². The summed E-state index contributed by atoms with van der Waals surface area (Å²) in [6.45, 7) is 3.27. The highest BCUT2D eigenvalue weighted by Crippen LogP contribution is 2.29. The van der Waals surface area contributed by atoms with E-state index in [1.807, 2.05) is 6.92 Å². The van der Waals surface area contributed by atoms with Crippen LogP contribution >= 0.6 is 0 Å². The van der Waals surface area contributed by atoms with Crippen molar-refractivity contribution in [2.45, 2.75) is 32.2 Å². The second-order valence-electron chi connectivity index (χ2n) is 7.26. The zero-order valence-corrected chi connectivity index (χ0v) is 15.2. The molecule has 0 unspecified atom stereocenters. The fourth-order valence-corrected chi connectivity index (χ4v) is 3.57. The molecule has 25 heavy (non-hydrogen) atoms. The first-order chi connectivity index (χ1) is 11.9. The monoisotopic (exact) mass is 346 g/mol. The van der Waals surface area contributed by atoms with Crippen LogP contribution in [-0.4, -0.2) is 49.1 Å². The van der Waals surface area contributed by atoms with Gasteiger partial charge in [0.15, 0.2) is 0 Å². The topological polar surface area (TPSA) is 60.2 Å². The average Bonchev–Trinajstić information content (AvgIpc) is 2.80. The van der Waals surface area contributed by atoms with Crippen molar-refractivity contribution < 1.29 is 9.18 Å². The lowest BCUT2D eigenvalue weighted by atomic mass is 9.79. The van der Waals surface area contributed by atoms with Crippen LogP contribution in [0.25, 0.3) is 10.9 Å². The van der Waals surface area contributed by atoms with Crippen LogP contribution in [0.1, 0.15) is 24.1 Å². The van der Waals surface area contributed by atoms with Crippen LogP contribution in [0.2, 0.25) is 0 Å². The van der Waals surface area contributed by atoms with Crippen molar-refractivity contribution in [2.24, 2.45) is 5.92 Å². The van der Waals surface area contributed by atoms with Gasteiger partial charge in [0.25, 0.3) is 0 Å². The summed E-state index contributed by atoms with van der Waals surface area (Å²) < 4.78 is 13.3. The minimum Gasteiger partial charge on any atom is -0.358 e. The van der Waals surface area contributed by atoms with Crippen molar-refractivity contribution in [1.82, 2.24) is 20.5 Å². The summed E-state index contributed by atoms with van der Waals surface area (Å²) >= 11 is 0. The third kappa shape index (κ3) is 4.12. The summed E-state index contributed by atoms with van der Waals surface area (Å²) in [5.74, 6) is 0.342. The van der Waals surface area contributed by atoms with E-state index < -0.39 is 0 Å². The van der Waals surface area contributed by atoms with E-state index in [0.717, 1.165) is 48.0 Å². The number of urea groups is 1. The first kappa shape index (κ1) is 17.7. The Morgan fingerprint density at radius 3 is 2.80 bits per heavy atom. The Labute approximate surface area is 148 Å². The number of rotatable bonds is 6. The third-order valence-electron chi connectivity index (χ3n) is 5.23. The van der Waals surface area contributed by atoms with Crippen LogP contribution in [-0.2, 0) is 6.42 Å². The van der Waals surface area contributed by atoms with Crippen LogP contribution in [0.4, 0.5) is 9.18 Å². The van der Waals surface area contributed by atoms with Crippen molar-refractivity contribution in [3.8, 4) is 0 Å². The Morgan fingerprint density at radius 2 is 2.08 bits per heavy atom. The largest absolute Gasteiger partial charge is 0.358 e. The molecule has 1 fully saturated rings. The molecule has 0 saturated heterocycles. The maximum atomic E-state index is 13.3. The fraction of sp³-hybridized carbons (Fsp3) is 0.526. The molecule has 3 rings (SSSR count). The lowest BCUT2D eigenvalue weighted by Gasteiger charge is -2.39. The van der Waals surface area contributed by atoms with Gasteiger partial charge in [0, 0.05) is 35.7 Å². The van der Waals surface area contributed by atoms with Gasteiger partial charge in [-0.2, -0.15) is 0 Å². The van der Waals surface area contributed by atoms with Gasteiger partial charge in [-0.1, -0.05) is 0 Å². The van der Waals surface area contributed by atoms with Gasteiger partial charge < -0.3 is 20.5 Å². The quantitative estimate of drug-likeness (QED) is 0.753. The molecular weight excluding hydrogens is 319 g/mol. The first-order valence-electron chi connectivity index (χ1n) is 8.89. The van der Waals surface area contributed by atoms with Crippen LogP contribution < -0.4 is 10.6 Å². The molecule has 5 nitrogen and oxygen atoms in total. The van der Waals surface area contributed by atoms with E-state index in [0.29, 0.717) is 18.5 Å². The number of fused-ring (bicyclic) bond motifs is 1. The average molecular weight is 346 g/mol. The number of carbonyl (C=O) groups excluding carboxylic acids is 1. The van der Waals surface area contributed by atoms with Gasteiger partial charge in [-0.3, -0.25) is 0 Å². The minimum absolute atomic E-state index is 0.114. The number of nitrogens with zero attached hydrogens (tertiary/aromatic N) is 1. The third-order valence-corrected chi connectivity index (χ3v) is 5.23. The molecule has 0 atom stereocenters. The molecule has 0 spiro atoms. The summed E-state index contributed by atoms with van der Waals surface area (Å²) in [6, 6.07) is 5.31. The van der Waals surface area contributed by atoms with E-state index in [-0.39, 0.29) is 11.8 Å². The Kier molecular flexibility index (Phi) is 5.27. The lowest BCUT2D eigenvalue weighted by Crippen LogP contribution is -2.46. The van der Waals surface area contributed by atoms with Crippen LogP contribution in [0.15, 0.2) is 18.2 Å². The van der Waals surface area contributed by atoms with E-state index in [1.54, 1.807) is 6.07 Å². The van der Waals surface area contributed by atoms with Gasteiger partial charge in [-0.25, -0.2) is 9.18 Å². The van der Waals surface area contributed by atoms with Crippen molar-refractivity contribution >= 4 is 16.9 Å². The molecule has 6 heteroatoms. The Balaban J connectivity index is 1.42. The summed E-state index contributed by atoms with van der Waals surface area (Å²) in [7, 11) is 4.20. The number of nitrogens with one attached hydrogen (secondary N) is 3. The number of halogens is 1. The van der Waals surface area contributed by atoms with Crippen molar-refractivity contribution in [1.29, 1.82) is 0 Å². The summed E-state index contributed by atoms with van der Waals surface area (Å²) in [5.41, 5.74) is 2.95. The highest BCUT2D eigenvalue weighted by molar-refractivity contribution is 5.84. The second kappa shape index (κ2) is 7.44. The standard InChI is InChI=1S/C19H27FN4O/c1-12-16(17-5-4-14(20)10-18(17)23-12)6-7-21-19(25)22-11-13-8-15(9-13)24(2)3/h4-5,10,13,15,23H,6-9,11H2,1-3H3,(H2,21,22,25). The highest BCUT2D eigenvalue weighted by Gasteiger charge is 2.30. The molecule has 1 aliphatic rings. The number of aryl methyl sites for hydroxylation is 1. The van der Waals surface area contributed by atoms with Crippen molar-refractivity contribution in [3.63, 3.8) is 0 Å². The van der Waals surface area contributed by atoms with E-state index in [9.17, 15) is 9.18 Å². The number of H-pyrrole nitrogens is 1. The molecule has 1 saturated carbocycles. The highest BCUT2D eigenvalue weighted by atomic mass is 19.1. The Morgan fingerprint density at radius 1 is 1.32 bits per heavy atom. The maximum Gasteiger partial charge on any atom is 0.314 e. The van der Waals surface area contributed by atoms with Gasteiger partial charge in [0.2, 0.25) is 0 Å². The molecule has 136 valence electrons. The normalized spacial score (nSPS) is 19.9. The first-order valence-corrected chi connectivity index (χ1v) is 8.89. The van der Waals surface area contributed by atoms with Gasteiger partial charge in [0.05, 0.1) is 0 Å². The lowest BCUT2D eigenvalue weighted by molar-refractivity contribution is 0.123. The zero-order valence-electron chi connectivity index (χ0n) is 15.2. The number of aromatic nitrogens is 1. The molecule has 2 aromatic rings. The number of hydrogen-bond donors (Lipinski definition) is 3. The van der Waals surface area contributed by atoms with Crippen molar-refractivity contribution in [2.75, 3.05) is 27.2 Å². The van der Waals surface area contributed by atoms with Crippen molar-refractivity contribution in [3.05, 3.63) is 35.3 Å². The molecule has 2 amide bonds. The number of hydrogen-bond acceptors (Lipinski definition) is 2. The van der Waals surface area contributed by atoms with Gasteiger partial charge in [-0.05, 0) is 70.0 Å². The second-order valence-corrected chi connectivity index (χ2v) is 7.26. The molecule has 1 aromatic carbocycles. The van der Waals surface area contributed by atoms with Gasteiger partial charge in [0.1, 0.15) is 5.82 Å². The maximum absolute atomic E-state index is 13.3. The number of carbonyl (C=O) groups is 1. The van der Waals surface area contributed by atoms with E-state index in [1.165, 1.54) is 12.1 Å². The fourth-order valence-electron chi connectivity index (χ4n) is 3.57. The predicted molar refractivity (Wildman–Crippen MR) is 98.3 cm³/mol. The predicted octanol–water partition coefficient (Wildman–Crippen LogP) is 2.80. The summed E-state index contributed by atoms with van der Waals surface area (Å²) in [5, 5.41) is 6.89. The smallest absolute Gasteiger partial charge is 0.314 e. The minimum atomic E-state index is -0.245. The van der Waals surface area contributed by atoms with Gasteiger partial charge in [-0.15, -0.1) is 0 Å².